The van der Waals surface area contributed by atoms with E-state index < -0.39 is 6.04 Å². The Morgan fingerprint density at radius 3 is 2.56 bits per heavy atom. The van der Waals surface area contributed by atoms with Gasteiger partial charge < -0.3 is 15.0 Å². The second-order valence-corrected chi connectivity index (χ2v) is 11.1. The number of aromatic nitrogens is 1. The fourth-order valence-corrected chi connectivity index (χ4v) is 6.38. The van der Waals surface area contributed by atoms with Crippen molar-refractivity contribution >= 4 is 50.6 Å². The highest BCUT2D eigenvalue weighted by Gasteiger charge is 2.32. The highest BCUT2D eigenvalue weighted by atomic mass is 79.9. The quantitative estimate of drug-likeness (QED) is 0.347. The molecule has 1 aromatic heterocycles. The van der Waals surface area contributed by atoms with Crippen LogP contribution in [0.2, 0.25) is 0 Å². The van der Waals surface area contributed by atoms with Crippen LogP contribution in [-0.2, 0) is 4.79 Å². The van der Waals surface area contributed by atoms with Gasteiger partial charge in [-0.25, -0.2) is 4.99 Å². The zero-order valence-corrected chi connectivity index (χ0v) is 24.3. The van der Waals surface area contributed by atoms with Crippen LogP contribution in [0.1, 0.15) is 24.1 Å². The molecule has 4 aromatic rings. The Morgan fingerprint density at radius 1 is 1.10 bits per heavy atom. The Kier molecular flexibility index (Phi) is 7.54. The first-order valence-corrected chi connectivity index (χ1v) is 13.9. The maximum Gasteiger partial charge on any atom is 0.271 e. The summed E-state index contributed by atoms with van der Waals surface area (Å²) in [5, 5.41) is 2.97. The molecule has 5 rings (SSSR count). The molecule has 2 heterocycles. The van der Waals surface area contributed by atoms with Gasteiger partial charge in [0.25, 0.3) is 11.5 Å². The van der Waals surface area contributed by atoms with E-state index in [-0.39, 0.29) is 11.5 Å². The van der Waals surface area contributed by atoms with Gasteiger partial charge in [-0.15, -0.1) is 0 Å². The van der Waals surface area contributed by atoms with Crippen LogP contribution < -0.4 is 29.8 Å². The summed E-state index contributed by atoms with van der Waals surface area (Å²) in [7, 11) is 5.54. The lowest BCUT2D eigenvalue weighted by Gasteiger charge is -2.25. The average molecular weight is 604 g/mol. The van der Waals surface area contributed by atoms with E-state index >= 15 is 0 Å². The van der Waals surface area contributed by atoms with Crippen molar-refractivity contribution in [3.63, 3.8) is 0 Å². The third kappa shape index (κ3) is 5.32. The van der Waals surface area contributed by atoms with Crippen molar-refractivity contribution in [3.05, 3.63) is 119 Å². The molecule has 39 heavy (non-hydrogen) atoms. The van der Waals surface area contributed by atoms with Gasteiger partial charge in [-0.1, -0.05) is 47.7 Å². The summed E-state index contributed by atoms with van der Waals surface area (Å²) in [5.74, 6) is 0.325. The minimum Gasteiger partial charge on any atom is -0.497 e. The van der Waals surface area contributed by atoms with Crippen LogP contribution in [0.25, 0.3) is 6.08 Å². The summed E-state index contributed by atoms with van der Waals surface area (Å²) in [6, 6.07) is 22.0. The van der Waals surface area contributed by atoms with E-state index in [0.29, 0.717) is 32.0 Å². The van der Waals surface area contributed by atoms with Crippen molar-refractivity contribution in [3.8, 4) is 5.75 Å². The molecule has 0 fully saturated rings. The van der Waals surface area contributed by atoms with Gasteiger partial charge in [0, 0.05) is 24.3 Å². The molecule has 0 spiro atoms. The predicted octanol–water partition coefficient (Wildman–Crippen LogP) is 4.71. The second kappa shape index (κ2) is 11.0. The van der Waals surface area contributed by atoms with E-state index in [9.17, 15) is 9.59 Å². The number of amides is 1. The molecule has 1 N–H and O–H groups in total. The maximum absolute atomic E-state index is 13.9. The molecule has 3 aromatic carbocycles. The van der Waals surface area contributed by atoms with Crippen LogP contribution in [0.3, 0.4) is 0 Å². The lowest BCUT2D eigenvalue weighted by atomic mass is 9.95. The van der Waals surface area contributed by atoms with Crippen LogP contribution in [0.5, 0.6) is 5.75 Å². The average Bonchev–Trinajstić information content (AvgIpc) is 3.22. The number of hydrogen-bond acceptors (Lipinski definition) is 6. The number of benzene rings is 3. The number of nitrogens with zero attached hydrogens (tertiary/aromatic N) is 3. The molecular formula is C30H27BrN4O3S. The summed E-state index contributed by atoms with van der Waals surface area (Å²) in [5.41, 5.74) is 4.09. The Bertz CT molecular complexity index is 1770. The first-order chi connectivity index (χ1) is 18.8. The van der Waals surface area contributed by atoms with Crippen molar-refractivity contribution in [2.75, 3.05) is 31.4 Å². The van der Waals surface area contributed by atoms with Crippen molar-refractivity contribution in [2.24, 2.45) is 4.99 Å². The van der Waals surface area contributed by atoms with Gasteiger partial charge in [0.2, 0.25) is 0 Å². The van der Waals surface area contributed by atoms with Gasteiger partial charge in [-0.3, -0.25) is 14.2 Å². The summed E-state index contributed by atoms with van der Waals surface area (Å²) >= 11 is 4.93. The Hall–Kier alpha value is -3.95. The Balaban J connectivity index is 1.67. The topological polar surface area (TPSA) is 75.9 Å². The van der Waals surface area contributed by atoms with Gasteiger partial charge in [0.15, 0.2) is 4.80 Å². The smallest absolute Gasteiger partial charge is 0.271 e. The van der Waals surface area contributed by atoms with E-state index in [1.807, 2.05) is 97.9 Å². The number of halogens is 1. The number of para-hydroxylation sites is 1. The molecule has 1 aliphatic heterocycles. The second-order valence-electron chi connectivity index (χ2n) is 9.28. The minimum atomic E-state index is -0.676. The van der Waals surface area contributed by atoms with Crippen molar-refractivity contribution in [1.29, 1.82) is 0 Å². The van der Waals surface area contributed by atoms with Gasteiger partial charge in [0.1, 0.15) is 5.75 Å². The lowest BCUT2D eigenvalue weighted by Crippen LogP contribution is -2.40. The van der Waals surface area contributed by atoms with Crippen molar-refractivity contribution in [2.45, 2.75) is 13.0 Å². The van der Waals surface area contributed by atoms with Gasteiger partial charge in [0.05, 0.1) is 34.6 Å². The fraction of sp³-hybridized carbons (Fsp3) is 0.167. The standard InChI is InChI=1S/C30H27BrN4O3S/c1-18-26(28(36)33-21-10-6-5-7-11-21)27(20-9-8-12-22(17-20)38-4)35-29(37)25(39-30(35)32-18)16-19-13-14-24(34(2)3)23(31)15-19/h5-17,27H,1-4H3,(H,33,36)/b25-16-/t27-/m0/s1. The molecule has 0 bridgehead atoms. The van der Waals surface area contributed by atoms with E-state index in [4.69, 9.17) is 9.73 Å². The first kappa shape index (κ1) is 26.6. The number of carbonyl (C=O) groups excluding carboxylic acids is 1. The molecule has 0 radical (unpaired) electrons. The molecule has 0 saturated heterocycles. The van der Waals surface area contributed by atoms with E-state index in [1.54, 1.807) is 18.6 Å². The SMILES string of the molecule is COc1cccc([C@H]2C(C(=O)Nc3ccccc3)=C(C)N=c3s/c(=C\c4ccc(N(C)C)c(Br)c4)c(=O)n32)c1. The van der Waals surface area contributed by atoms with Crippen LogP contribution >= 0.6 is 27.3 Å². The molecule has 1 amide bonds. The van der Waals surface area contributed by atoms with Crippen LogP contribution in [0, 0.1) is 0 Å². The normalized spacial score (nSPS) is 15.0. The summed E-state index contributed by atoms with van der Waals surface area (Å²) in [4.78, 5) is 34.9. The summed E-state index contributed by atoms with van der Waals surface area (Å²) in [6.07, 6.45) is 1.86. The number of thiazole rings is 1. The van der Waals surface area contributed by atoms with Gasteiger partial charge in [-0.2, -0.15) is 0 Å². The summed E-state index contributed by atoms with van der Waals surface area (Å²) < 4.78 is 8.54. The Morgan fingerprint density at radius 2 is 1.87 bits per heavy atom. The third-order valence-electron chi connectivity index (χ3n) is 6.46. The van der Waals surface area contributed by atoms with Crippen molar-refractivity contribution in [1.82, 2.24) is 4.57 Å². The lowest BCUT2D eigenvalue weighted by molar-refractivity contribution is -0.113. The molecule has 198 valence electrons. The number of methoxy groups -OCH3 is 1. The minimum absolute atomic E-state index is 0.211. The molecule has 1 atom stereocenters. The number of fused-ring (bicyclic) bond motifs is 1. The maximum atomic E-state index is 13.9. The number of allylic oxidation sites excluding steroid dienone is 1. The zero-order valence-electron chi connectivity index (χ0n) is 21.9. The monoisotopic (exact) mass is 602 g/mol. The van der Waals surface area contributed by atoms with Crippen LogP contribution in [-0.4, -0.2) is 31.7 Å². The number of hydrogen-bond donors (Lipinski definition) is 1. The highest BCUT2D eigenvalue weighted by molar-refractivity contribution is 9.10. The largest absolute Gasteiger partial charge is 0.497 e. The molecule has 0 aliphatic carbocycles. The van der Waals surface area contributed by atoms with Crippen molar-refractivity contribution < 1.29 is 9.53 Å². The molecule has 1 aliphatic rings. The predicted molar refractivity (Wildman–Crippen MR) is 160 cm³/mol. The molecule has 9 heteroatoms. The zero-order chi connectivity index (χ0) is 27.7. The molecular weight excluding hydrogens is 576 g/mol. The number of carbonyl (C=O) groups is 1. The van der Waals surface area contributed by atoms with E-state index in [0.717, 1.165) is 21.3 Å². The Labute approximate surface area is 238 Å². The first-order valence-electron chi connectivity index (χ1n) is 12.3. The number of ether oxygens (including phenoxy) is 1. The number of anilines is 2. The van der Waals surface area contributed by atoms with Crippen LogP contribution in [0.4, 0.5) is 11.4 Å². The highest BCUT2D eigenvalue weighted by Crippen LogP contribution is 2.32. The third-order valence-corrected chi connectivity index (χ3v) is 8.08. The van der Waals surface area contributed by atoms with E-state index in [2.05, 4.69) is 21.2 Å². The van der Waals surface area contributed by atoms with Gasteiger partial charge >= 0.3 is 0 Å². The molecule has 7 nitrogen and oxygen atoms in total. The van der Waals surface area contributed by atoms with Gasteiger partial charge in [-0.05, 0) is 76.5 Å². The van der Waals surface area contributed by atoms with E-state index in [1.165, 1.54) is 11.3 Å². The van der Waals surface area contributed by atoms with Crippen LogP contribution in [0.15, 0.2) is 98.3 Å². The summed E-state index contributed by atoms with van der Waals surface area (Å²) in [6.45, 7) is 1.81. The molecule has 0 saturated carbocycles. The molecule has 0 unspecified atom stereocenters. The number of rotatable bonds is 6. The number of nitrogens with one attached hydrogen (secondary N) is 1. The fourth-order valence-electron chi connectivity index (χ4n) is 4.59.